The van der Waals surface area contributed by atoms with E-state index >= 15 is 0 Å². The second kappa shape index (κ2) is 9.42. The number of aryl methyl sites for hydroxylation is 1. The van der Waals surface area contributed by atoms with Gasteiger partial charge in [0.2, 0.25) is 0 Å². The summed E-state index contributed by atoms with van der Waals surface area (Å²) in [7, 11) is -2.71. The molecule has 3 aromatic rings. The Morgan fingerprint density at radius 2 is 1.94 bits per heavy atom. The molecule has 0 radical (unpaired) electrons. The standard InChI is InChI=1S/C21H17N3O5S2/c1-14-3-6-17(7-4-14)31(26,27)29-18-8-5-15(12-19(18)28-2)11-16(13-22)20(25)24-21-23-9-10-30-21/h3-12H,1-2H3,(H,23,24,25). The van der Waals surface area contributed by atoms with Gasteiger partial charge in [-0.05, 0) is 42.8 Å². The average Bonchev–Trinajstić information content (AvgIpc) is 3.26. The minimum absolute atomic E-state index is 0.00903. The lowest BCUT2D eigenvalue weighted by Gasteiger charge is -2.11. The molecular formula is C21H17N3O5S2. The van der Waals surface area contributed by atoms with Crippen LogP contribution in [0.15, 0.2) is 64.5 Å². The number of rotatable bonds is 7. The highest BCUT2D eigenvalue weighted by molar-refractivity contribution is 7.87. The molecule has 1 amide bonds. The van der Waals surface area contributed by atoms with Crippen LogP contribution in [0.2, 0.25) is 0 Å². The van der Waals surface area contributed by atoms with Crippen LogP contribution in [-0.2, 0) is 14.9 Å². The first-order valence-electron chi connectivity index (χ1n) is 8.84. The van der Waals surface area contributed by atoms with Gasteiger partial charge in [-0.25, -0.2) is 4.98 Å². The van der Waals surface area contributed by atoms with Crippen LogP contribution >= 0.6 is 11.3 Å². The predicted octanol–water partition coefficient (Wildman–Crippen LogP) is 3.77. The van der Waals surface area contributed by atoms with E-state index in [9.17, 15) is 18.5 Å². The quantitative estimate of drug-likeness (QED) is 0.327. The number of carbonyl (C=O) groups is 1. The number of ether oxygens (including phenoxy) is 1. The van der Waals surface area contributed by atoms with Gasteiger partial charge in [0.1, 0.15) is 16.5 Å². The number of nitrogens with zero attached hydrogens (tertiary/aromatic N) is 2. The summed E-state index contributed by atoms with van der Waals surface area (Å²) in [4.78, 5) is 16.2. The van der Waals surface area contributed by atoms with E-state index in [0.717, 1.165) is 5.56 Å². The molecule has 0 saturated heterocycles. The minimum Gasteiger partial charge on any atom is -0.493 e. The number of carbonyl (C=O) groups excluding carboxylic acids is 1. The molecule has 1 N–H and O–H groups in total. The van der Waals surface area contributed by atoms with Crippen molar-refractivity contribution >= 4 is 38.6 Å². The molecule has 0 bridgehead atoms. The third-order valence-electron chi connectivity index (χ3n) is 4.03. The Balaban J connectivity index is 1.85. The van der Waals surface area contributed by atoms with E-state index in [0.29, 0.717) is 10.7 Å². The number of methoxy groups -OCH3 is 1. The van der Waals surface area contributed by atoms with Gasteiger partial charge in [-0.3, -0.25) is 10.1 Å². The topological polar surface area (TPSA) is 118 Å². The monoisotopic (exact) mass is 455 g/mol. The fourth-order valence-electron chi connectivity index (χ4n) is 2.48. The number of hydrogen-bond donors (Lipinski definition) is 1. The number of hydrogen-bond acceptors (Lipinski definition) is 8. The van der Waals surface area contributed by atoms with Gasteiger partial charge in [-0.15, -0.1) is 11.3 Å². The van der Waals surface area contributed by atoms with E-state index in [-0.39, 0.29) is 22.0 Å². The molecule has 0 saturated carbocycles. The number of benzene rings is 2. The van der Waals surface area contributed by atoms with Gasteiger partial charge in [0.05, 0.1) is 7.11 Å². The Hall–Kier alpha value is -3.68. The van der Waals surface area contributed by atoms with E-state index in [1.807, 2.05) is 13.0 Å². The summed E-state index contributed by atoms with van der Waals surface area (Å²) in [5, 5.41) is 13.9. The maximum absolute atomic E-state index is 12.5. The van der Waals surface area contributed by atoms with Crippen molar-refractivity contribution in [1.29, 1.82) is 5.26 Å². The van der Waals surface area contributed by atoms with E-state index in [4.69, 9.17) is 8.92 Å². The van der Waals surface area contributed by atoms with Crippen LogP contribution in [0.5, 0.6) is 11.5 Å². The minimum atomic E-state index is -4.06. The Kier molecular flexibility index (Phi) is 6.69. The molecule has 0 aliphatic heterocycles. The summed E-state index contributed by atoms with van der Waals surface area (Å²) in [6.07, 6.45) is 2.88. The first-order valence-corrected chi connectivity index (χ1v) is 11.1. The Morgan fingerprint density at radius 3 is 2.55 bits per heavy atom. The average molecular weight is 456 g/mol. The highest BCUT2D eigenvalue weighted by Gasteiger charge is 2.19. The highest BCUT2D eigenvalue weighted by Crippen LogP contribution is 2.31. The van der Waals surface area contributed by atoms with Crippen molar-refractivity contribution in [2.75, 3.05) is 12.4 Å². The van der Waals surface area contributed by atoms with Crippen molar-refractivity contribution in [3.05, 3.63) is 70.7 Å². The van der Waals surface area contributed by atoms with Gasteiger partial charge < -0.3 is 8.92 Å². The fraction of sp³-hybridized carbons (Fsp3) is 0.0952. The molecule has 2 aromatic carbocycles. The van der Waals surface area contributed by atoms with Crippen molar-refractivity contribution < 1.29 is 22.1 Å². The number of nitrogens with one attached hydrogen (secondary N) is 1. The van der Waals surface area contributed by atoms with Gasteiger partial charge in [-0.1, -0.05) is 23.8 Å². The van der Waals surface area contributed by atoms with Crippen LogP contribution in [0.4, 0.5) is 5.13 Å². The molecule has 0 unspecified atom stereocenters. The fourth-order valence-corrected chi connectivity index (χ4v) is 3.94. The number of thiazole rings is 1. The Bertz CT molecular complexity index is 1260. The molecular weight excluding hydrogens is 438 g/mol. The smallest absolute Gasteiger partial charge is 0.339 e. The lowest BCUT2D eigenvalue weighted by molar-refractivity contribution is -0.112. The second-order valence-corrected chi connectivity index (χ2v) is 8.66. The zero-order valence-electron chi connectivity index (χ0n) is 16.5. The van der Waals surface area contributed by atoms with Crippen LogP contribution < -0.4 is 14.2 Å². The number of aromatic nitrogens is 1. The third kappa shape index (κ3) is 5.48. The van der Waals surface area contributed by atoms with Crippen molar-refractivity contribution in [2.45, 2.75) is 11.8 Å². The van der Waals surface area contributed by atoms with Crippen LogP contribution in [0.1, 0.15) is 11.1 Å². The first-order chi connectivity index (χ1) is 14.8. The Labute approximate surface area is 183 Å². The Morgan fingerprint density at radius 1 is 1.19 bits per heavy atom. The largest absolute Gasteiger partial charge is 0.493 e. The molecule has 1 aromatic heterocycles. The van der Waals surface area contributed by atoms with E-state index in [2.05, 4.69) is 10.3 Å². The molecule has 0 aliphatic rings. The number of nitriles is 1. The summed E-state index contributed by atoms with van der Waals surface area (Å²) in [6.45, 7) is 1.85. The maximum Gasteiger partial charge on any atom is 0.339 e. The molecule has 10 heteroatoms. The molecule has 158 valence electrons. The molecule has 8 nitrogen and oxygen atoms in total. The van der Waals surface area contributed by atoms with Gasteiger partial charge in [0, 0.05) is 11.6 Å². The molecule has 0 aliphatic carbocycles. The predicted molar refractivity (Wildman–Crippen MR) is 116 cm³/mol. The zero-order valence-corrected chi connectivity index (χ0v) is 18.2. The van der Waals surface area contributed by atoms with E-state index < -0.39 is 16.0 Å². The van der Waals surface area contributed by atoms with Crippen LogP contribution in [0.25, 0.3) is 6.08 Å². The molecule has 0 spiro atoms. The van der Waals surface area contributed by atoms with Gasteiger partial charge in [-0.2, -0.15) is 13.7 Å². The molecule has 1 heterocycles. The van der Waals surface area contributed by atoms with Crippen LogP contribution in [0.3, 0.4) is 0 Å². The first kappa shape index (κ1) is 22.0. The zero-order chi connectivity index (χ0) is 22.4. The number of anilines is 1. The summed E-state index contributed by atoms with van der Waals surface area (Å²) in [5.41, 5.74) is 1.21. The summed E-state index contributed by atoms with van der Waals surface area (Å²) in [5.74, 6) is -0.508. The van der Waals surface area contributed by atoms with E-state index in [1.165, 1.54) is 61.1 Å². The van der Waals surface area contributed by atoms with Crippen LogP contribution in [-0.4, -0.2) is 26.4 Å². The molecule has 0 atom stereocenters. The summed E-state index contributed by atoms with van der Waals surface area (Å²) >= 11 is 1.22. The lowest BCUT2D eigenvalue weighted by Crippen LogP contribution is -2.13. The van der Waals surface area contributed by atoms with E-state index in [1.54, 1.807) is 17.5 Å². The maximum atomic E-state index is 12.5. The van der Waals surface area contributed by atoms with Gasteiger partial charge in [0.25, 0.3) is 5.91 Å². The second-order valence-electron chi connectivity index (χ2n) is 6.22. The SMILES string of the molecule is COc1cc(C=C(C#N)C(=O)Nc2nccs2)ccc1OS(=O)(=O)c1ccc(C)cc1. The van der Waals surface area contributed by atoms with Crippen molar-refractivity contribution in [1.82, 2.24) is 4.98 Å². The summed E-state index contributed by atoms with van der Waals surface area (Å²) in [6, 6.07) is 12.4. The molecule has 0 fully saturated rings. The molecule has 31 heavy (non-hydrogen) atoms. The van der Waals surface area contributed by atoms with Crippen LogP contribution in [0, 0.1) is 18.3 Å². The van der Waals surface area contributed by atoms with Crippen molar-refractivity contribution in [3.63, 3.8) is 0 Å². The highest BCUT2D eigenvalue weighted by atomic mass is 32.2. The normalized spacial score (nSPS) is 11.5. The lowest BCUT2D eigenvalue weighted by atomic mass is 10.1. The van der Waals surface area contributed by atoms with Gasteiger partial charge >= 0.3 is 10.1 Å². The number of amides is 1. The molecule has 3 rings (SSSR count). The van der Waals surface area contributed by atoms with Gasteiger partial charge in [0.15, 0.2) is 16.6 Å². The summed E-state index contributed by atoms with van der Waals surface area (Å²) < 4.78 is 35.5. The third-order valence-corrected chi connectivity index (χ3v) is 5.96. The van der Waals surface area contributed by atoms with Crippen molar-refractivity contribution in [2.24, 2.45) is 0 Å². The van der Waals surface area contributed by atoms with Crippen molar-refractivity contribution in [3.8, 4) is 17.6 Å².